The van der Waals surface area contributed by atoms with Crippen molar-refractivity contribution in [2.45, 2.75) is 26.2 Å². The lowest BCUT2D eigenvalue weighted by atomic mass is 9.94. The summed E-state index contributed by atoms with van der Waals surface area (Å²) in [6.07, 6.45) is 1.71. The van der Waals surface area contributed by atoms with Crippen molar-refractivity contribution in [3.8, 4) is 28.8 Å². The molecule has 8 nitrogen and oxygen atoms in total. The van der Waals surface area contributed by atoms with Crippen LogP contribution >= 0.6 is 0 Å². The van der Waals surface area contributed by atoms with Gasteiger partial charge in [0.25, 0.3) is 5.91 Å². The van der Waals surface area contributed by atoms with Crippen molar-refractivity contribution in [2.24, 2.45) is 5.73 Å². The van der Waals surface area contributed by atoms with E-state index in [9.17, 15) is 4.79 Å². The number of primary amides is 1. The molecule has 0 saturated heterocycles. The first-order valence-electron chi connectivity index (χ1n) is 9.58. The second-order valence-corrected chi connectivity index (χ2v) is 7.55. The van der Waals surface area contributed by atoms with Crippen LogP contribution in [0.15, 0.2) is 47.0 Å². The SMILES string of the molecule is COc1ccn2c(C(N)=O)nc(-c3cccc(C#CC(C)(C)c4nnc(C)o4)c3)c2c1. The average Bonchev–Trinajstić information content (AvgIpc) is 3.36. The van der Waals surface area contributed by atoms with Crippen molar-refractivity contribution in [3.05, 3.63) is 65.8 Å². The number of aryl methyl sites for hydroxylation is 1. The molecule has 156 valence electrons. The summed E-state index contributed by atoms with van der Waals surface area (Å²) < 4.78 is 12.5. The van der Waals surface area contributed by atoms with Gasteiger partial charge < -0.3 is 14.9 Å². The van der Waals surface area contributed by atoms with Crippen LogP contribution in [0.5, 0.6) is 5.75 Å². The van der Waals surface area contributed by atoms with Gasteiger partial charge in [0, 0.05) is 30.3 Å². The minimum atomic E-state index is -0.612. The number of amides is 1. The van der Waals surface area contributed by atoms with E-state index in [1.54, 1.807) is 30.7 Å². The van der Waals surface area contributed by atoms with Crippen molar-refractivity contribution in [1.82, 2.24) is 19.6 Å². The van der Waals surface area contributed by atoms with E-state index in [1.807, 2.05) is 44.2 Å². The third kappa shape index (κ3) is 3.85. The summed E-state index contributed by atoms with van der Waals surface area (Å²) in [4.78, 5) is 16.4. The van der Waals surface area contributed by atoms with E-state index in [4.69, 9.17) is 14.9 Å². The maximum atomic E-state index is 11.9. The molecular weight excluding hydrogens is 394 g/mol. The molecule has 3 heterocycles. The molecule has 4 rings (SSSR count). The number of nitrogens with two attached hydrogens (primary N) is 1. The molecule has 0 saturated carbocycles. The maximum absolute atomic E-state index is 11.9. The second kappa shape index (κ2) is 7.61. The van der Waals surface area contributed by atoms with Gasteiger partial charge in [0.05, 0.1) is 18.3 Å². The summed E-state index contributed by atoms with van der Waals surface area (Å²) in [5.41, 5.74) is 7.83. The van der Waals surface area contributed by atoms with Gasteiger partial charge in [0.15, 0.2) is 0 Å². The highest BCUT2D eigenvalue weighted by atomic mass is 16.5. The first-order chi connectivity index (χ1) is 14.8. The predicted octanol–water partition coefficient (Wildman–Crippen LogP) is 3.13. The lowest BCUT2D eigenvalue weighted by molar-refractivity contribution is 0.0990. The number of carbonyl (C=O) groups is 1. The summed E-state index contributed by atoms with van der Waals surface area (Å²) in [5, 5.41) is 7.96. The quantitative estimate of drug-likeness (QED) is 0.513. The molecule has 0 unspecified atom stereocenters. The molecule has 0 atom stereocenters. The van der Waals surface area contributed by atoms with Gasteiger partial charge in [-0.15, -0.1) is 10.2 Å². The van der Waals surface area contributed by atoms with Gasteiger partial charge in [0.1, 0.15) is 11.2 Å². The minimum Gasteiger partial charge on any atom is -0.497 e. The van der Waals surface area contributed by atoms with Crippen molar-refractivity contribution in [2.75, 3.05) is 7.11 Å². The van der Waals surface area contributed by atoms with Crippen LogP contribution < -0.4 is 10.5 Å². The molecule has 0 aliphatic carbocycles. The van der Waals surface area contributed by atoms with Crippen molar-refractivity contribution in [3.63, 3.8) is 0 Å². The Morgan fingerprint density at radius 1 is 1.23 bits per heavy atom. The number of nitrogens with zero attached hydrogens (tertiary/aromatic N) is 4. The molecule has 0 aliphatic rings. The number of benzene rings is 1. The van der Waals surface area contributed by atoms with Gasteiger partial charge in [0.2, 0.25) is 17.6 Å². The van der Waals surface area contributed by atoms with E-state index in [-0.39, 0.29) is 5.82 Å². The number of fused-ring (bicyclic) bond motifs is 1. The molecule has 0 aliphatic heterocycles. The molecule has 0 bridgehead atoms. The van der Waals surface area contributed by atoms with Gasteiger partial charge in [-0.1, -0.05) is 24.0 Å². The fourth-order valence-electron chi connectivity index (χ4n) is 3.15. The summed E-state index contributed by atoms with van der Waals surface area (Å²) in [6.45, 7) is 5.59. The number of carbonyl (C=O) groups excluding carboxylic acids is 1. The third-order valence-electron chi connectivity index (χ3n) is 4.79. The average molecular weight is 415 g/mol. The van der Waals surface area contributed by atoms with Gasteiger partial charge in [-0.05, 0) is 32.0 Å². The number of rotatable bonds is 4. The molecular formula is C23H21N5O3. The Kier molecular flexibility index (Phi) is 4.95. The van der Waals surface area contributed by atoms with Crippen LogP contribution in [-0.2, 0) is 5.41 Å². The number of ether oxygens (including phenoxy) is 1. The second-order valence-electron chi connectivity index (χ2n) is 7.55. The molecule has 4 aromatic rings. The first kappa shape index (κ1) is 20.2. The predicted molar refractivity (Wildman–Crippen MR) is 115 cm³/mol. The van der Waals surface area contributed by atoms with E-state index in [2.05, 4.69) is 27.0 Å². The normalized spacial score (nSPS) is 11.2. The number of hydrogen-bond acceptors (Lipinski definition) is 6. The smallest absolute Gasteiger partial charge is 0.285 e. The summed E-state index contributed by atoms with van der Waals surface area (Å²) >= 11 is 0. The molecule has 3 aromatic heterocycles. The molecule has 0 spiro atoms. The Labute approximate surface area is 179 Å². The van der Waals surface area contributed by atoms with Gasteiger partial charge in [-0.25, -0.2) is 4.98 Å². The van der Waals surface area contributed by atoms with E-state index in [0.717, 1.165) is 11.1 Å². The van der Waals surface area contributed by atoms with Gasteiger partial charge in [-0.2, -0.15) is 0 Å². The van der Waals surface area contributed by atoms with Crippen molar-refractivity contribution >= 4 is 11.4 Å². The fourth-order valence-corrected chi connectivity index (χ4v) is 3.15. The van der Waals surface area contributed by atoms with Gasteiger partial charge in [-0.3, -0.25) is 9.20 Å². The topological polar surface area (TPSA) is 109 Å². The summed E-state index contributed by atoms with van der Waals surface area (Å²) in [7, 11) is 1.58. The van der Waals surface area contributed by atoms with E-state index >= 15 is 0 Å². The highest BCUT2D eigenvalue weighted by molar-refractivity contribution is 5.93. The molecule has 31 heavy (non-hydrogen) atoms. The highest BCUT2D eigenvalue weighted by Crippen LogP contribution is 2.28. The molecule has 1 amide bonds. The zero-order chi connectivity index (χ0) is 22.2. The Morgan fingerprint density at radius 3 is 2.71 bits per heavy atom. The molecule has 0 radical (unpaired) electrons. The Morgan fingerprint density at radius 2 is 2.03 bits per heavy atom. The zero-order valence-corrected chi connectivity index (χ0v) is 17.6. The van der Waals surface area contributed by atoms with Crippen molar-refractivity contribution in [1.29, 1.82) is 0 Å². The number of hydrogen-bond donors (Lipinski definition) is 1. The highest BCUT2D eigenvalue weighted by Gasteiger charge is 2.24. The van der Waals surface area contributed by atoms with E-state index in [0.29, 0.717) is 28.7 Å². The molecule has 8 heteroatoms. The zero-order valence-electron chi connectivity index (χ0n) is 17.6. The molecule has 1 aromatic carbocycles. The van der Waals surface area contributed by atoms with Crippen LogP contribution in [0.4, 0.5) is 0 Å². The Bertz CT molecular complexity index is 1350. The standard InChI is InChI=1S/C23H21N5O3/c1-14-26-27-22(31-14)23(2,3)10-8-15-6-5-7-16(12-15)19-18-13-17(30-4)9-11-28(18)21(25-19)20(24)29/h5-7,9,11-13H,1-4H3,(H2,24,29). The summed E-state index contributed by atoms with van der Waals surface area (Å²) in [6, 6.07) is 11.2. The first-order valence-corrected chi connectivity index (χ1v) is 9.58. The number of aromatic nitrogens is 4. The van der Waals surface area contributed by atoms with Crippen LogP contribution in [0.2, 0.25) is 0 Å². The lowest BCUT2D eigenvalue weighted by Crippen LogP contribution is -2.15. The van der Waals surface area contributed by atoms with Crippen molar-refractivity contribution < 1.29 is 13.9 Å². The largest absolute Gasteiger partial charge is 0.497 e. The summed E-state index contributed by atoms with van der Waals surface area (Å²) in [5.74, 6) is 7.52. The van der Waals surface area contributed by atoms with E-state index in [1.165, 1.54) is 0 Å². The third-order valence-corrected chi connectivity index (χ3v) is 4.79. The monoisotopic (exact) mass is 415 g/mol. The van der Waals surface area contributed by atoms with Crippen LogP contribution in [0, 0.1) is 18.8 Å². The fraction of sp³-hybridized carbons (Fsp3) is 0.217. The van der Waals surface area contributed by atoms with Crippen LogP contribution in [0.25, 0.3) is 16.8 Å². The molecule has 0 fully saturated rings. The Balaban J connectivity index is 1.78. The maximum Gasteiger partial charge on any atom is 0.285 e. The van der Waals surface area contributed by atoms with Crippen LogP contribution in [0.3, 0.4) is 0 Å². The lowest BCUT2D eigenvalue weighted by Gasteiger charge is -2.11. The molecule has 2 N–H and O–H groups in total. The van der Waals surface area contributed by atoms with Gasteiger partial charge >= 0.3 is 0 Å². The minimum absolute atomic E-state index is 0.150. The number of pyridine rings is 1. The Hall–Kier alpha value is -4.12. The van der Waals surface area contributed by atoms with Crippen LogP contribution in [0.1, 0.15) is 41.8 Å². The number of imidazole rings is 1. The number of methoxy groups -OCH3 is 1. The van der Waals surface area contributed by atoms with Crippen LogP contribution in [-0.4, -0.2) is 32.6 Å². The van der Waals surface area contributed by atoms with E-state index < -0.39 is 11.3 Å².